The Morgan fingerprint density at radius 1 is 1.00 bits per heavy atom. The van der Waals surface area contributed by atoms with Gasteiger partial charge in [0.1, 0.15) is 22.9 Å². The van der Waals surface area contributed by atoms with Gasteiger partial charge in [-0.05, 0) is 87.1 Å². The monoisotopic (exact) mass is 612 g/mol. The van der Waals surface area contributed by atoms with Gasteiger partial charge in [0.2, 0.25) is 17.8 Å². The molecule has 0 saturated carbocycles. The topological polar surface area (TPSA) is 211 Å². The average molecular weight is 613 g/mol. The Morgan fingerprint density at radius 3 is 1.95 bits per heavy atom. The van der Waals surface area contributed by atoms with E-state index < -0.39 is 58.9 Å². The van der Waals surface area contributed by atoms with Gasteiger partial charge in [-0.15, -0.1) is 0 Å². The molecule has 3 unspecified atom stereocenters. The van der Waals surface area contributed by atoms with Crippen molar-refractivity contribution in [3.63, 3.8) is 0 Å². The van der Waals surface area contributed by atoms with Crippen LogP contribution in [-0.2, 0) is 28.6 Å². The summed E-state index contributed by atoms with van der Waals surface area (Å²) in [6.45, 7) is 14.8. The summed E-state index contributed by atoms with van der Waals surface area (Å²) in [6, 6.07) is -2.35. The van der Waals surface area contributed by atoms with Crippen LogP contribution in [-0.4, -0.2) is 95.0 Å². The van der Waals surface area contributed by atoms with Crippen molar-refractivity contribution in [3.05, 3.63) is 11.3 Å². The number of nitrogens with one attached hydrogen (secondary N) is 3. The normalized spacial score (nSPS) is 19.0. The molecule has 1 aliphatic heterocycles. The molecule has 0 bridgehead atoms. The van der Waals surface area contributed by atoms with Crippen LogP contribution in [0.3, 0.4) is 0 Å². The molecule has 0 spiro atoms. The summed E-state index contributed by atoms with van der Waals surface area (Å²) in [5.41, 5.74) is 3.41. The molecule has 6 N–H and O–H groups in total. The van der Waals surface area contributed by atoms with Gasteiger partial charge in [-0.1, -0.05) is 0 Å². The molecular formula is C28H48N6O9. The van der Waals surface area contributed by atoms with Crippen LogP contribution in [0.15, 0.2) is 16.3 Å². The molecule has 15 nitrogen and oxygen atoms in total. The molecule has 1 saturated heterocycles. The molecule has 1 fully saturated rings. The number of methoxy groups -OCH3 is 1. The summed E-state index contributed by atoms with van der Waals surface area (Å²) in [4.78, 5) is 68.4. The summed E-state index contributed by atoms with van der Waals surface area (Å²) in [5, 5.41) is 18.1. The molecule has 1 rings (SSSR count). The SMILES string of the molecule is COC(=O)C(NC(=O)C1N(C(=O)C(N)CCCN=C(NC(=O)OC(C)(C)C)NC(=O)OC(C)(C)C)CCC1(C)O)=C(C)C. The van der Waals surface area contributed by atoms with Crippen LogP contribution < -0.4 is 21.7 Å². The van der Waals surface area contributed by atoms with E-state index in [0.29, 0.717) is 5.57 Å². The van der Waals surface area contributed by atoms with Crippen LogP contribution >= 0.6 is 0 Å². The predicted molar refractivity (Wildman–Crippen MR) is 158 cm³/mol. The molecule has 3 atom stereocenters. The molecule has 0 aromatic rings. The Bertz CT molecular complexity index is 1080. The largest absolute Gasteiger partial charge is 0.464 e. The lowest BCUT2D eigenvalue weighted by Crippen LogP contribution is -2.57. The summed E-state index contributed by atoms with van der Waals surface area (Å²) in [5.74, 6) is -2.29. The van der Waals surface area contributed by atoms with E-state index in [4.69, 9.17) is 19.9 Å². The number of esters is 1. The number of hydrogen-bond donors (Lipinski definition) is 5. The van der Waals surface area contributed by atoms with Crippen LogP contribution in [0.5, 0.6) is 0 Å². The van der Waals surface area contributed by atoms with Crippen molar-refractivity contribution in [2.45, 2.75) is 110 Å². The van der Waals surface area contributed by atoms with Gasteiger partial charge in [-0.25, -0.2) is 14.4 Å². The Morgan fingerprint density at radius 2 is 1.51 bits per heavy atom. The number of allylic oxidation sites excluding steroid dienone is 1. The zero-order valence-corrected chi connectivity index (χ0v) is 26.9. The van der Waals surface area contributed by atoms with Gasteiger partial charge < -0.3 is 35.3 Å². The van der Waals surface area contributed by atoms with E-state index in [1.807, 2.05) is 0 Å². The van der Waals surface area contributed by atoms with Crippen molar-refractivity contribution >= 4 is 35.9 Å². The number of ether oxygens (including phenoxy) is 3. The highest BCUT2D eigenvalue weighted by atomic mass is 16.6. The zero-order chi connectivity index (χ0) is 33.3. The first-order valence-corrected chi connectivity index (χ1v) is 14.0. The number of guanidine groups is 1. The number of alkyl carbamates (subject to hydrolysis) is 2. The maximum Gasteiger partial charge on any atom is 0.414 e. The fourth-order valence-corrected chi connectivity index (χ4v) is 4.03. The van der Waals surface area contributed by atoms with Crippen LogP contribution in [0.2, 0.25) is 0 Å². The third-order valence-corrected chi connectivity index (χ3v) is 5.93. The maximum atomic E-state index is 13.3. The smallest absolute Gasteiger partial charge is 0.414 e. The van der Waals surface area contributed by atoms with E-state index in [1.54, 1.807) is 55.4 Å². The highest BCUT2D eigenvalue weighted by molar-refractivity contribution is 6.01. The lowest BCUT2D eigenvalue weighted by molar-refractivity contribution is -0.145. The predicted octanol–water partition coefficient (Wildman–Crippen LogP) is 1.43. The Balaban J connectivity index is 2.95. The molecule has 4 amide bonds. The summed E-state index contributed by atoms with van der Waals surface area (Å²) in [7, 11) is 1.17. The highest BCUT2D eigenvalue weighted by Crippen LogP contribution is 2.29. The van der Waals surface area contributed by atoms with E-state index in [1.165, 1.54) is 18.9 Å². The maximum absolute atomic E-state index is 13.3. The van der Waals surface area contributed by atoms with Crippen LogP contribution in [0.1, 0.15) is 81.6 Å². The third-order valence-electron chi connectivity index (χ3n) is 5.93. The number of amides is 4. The van der Waals surface area contributed by atoms with Crippen molar-refractivity contribution in [2.75, 3.05) is 20.2 Å². The van der Waals surface area contributed by atoms with Crippen molar-refractivity contribution in [1.82, 2.24) is 20.9 Å². The van der Waals surface area contributed by atoms with E-state index in [2.05, 4.69) is 20.9 Å². The van der Waals surface area contributed by atoms with E-state index in [0.717, 1.165) is 0 Å². The lowest BCUT2D eigenvalue weighted by atomic mass is 9.95. The summed E-state index contributed by atoms with van der Waals surface area (Å²) < 4.78 is 15.1. The van der Waals surface area contributed by atoms with Gasteiger partial charge >= 0.3 is 18.2 Å². The number of carbonyl (C=O) groups is 5. The zero-order valence-electron chi connectivity index (χ0n) is 26.9. The molecule has 0 radical (unpaired) electrons. The van der Waals surface area contributed by atoms with E-state index >= 15 is 0 Å². The molecule has 0 aromatic heterocycles. The van der Waals surface area contributed by atoms with Gasteiger partial charge in [0, 0.05) is 13.1 Å². The van der Waals surface area contributed by atoms with Crippen molar-refractivity contribution in [1.29, 1.82) is 0 Å². The molecule has 1 aliphatic rings. The third kappa shape index (κ3) is 12.6. The first-order chi connectivity index (χ1) is 19.6. The van der Waals surface area contributed by atoms with Crippen molar-refractivity contribution in [2.24, 2.45) is 10.7 Å². The highest BCUT2D eigenvalue weighted by Gasteiger charge is 2.50. The minimum Gasteiger partial charge on any atom is -0.464 e. The molecule has 0 aliphatic carbocycles. The number of nitrogens with two attached hydrogens (primary N) is 1. The number of likely N-dealkylation sites (tertiary alicyclic amines) is 1. The fraction of sp³-hybridized carbons (Fsp3) is 0.714. The van der Waals surface area contributed by atoms with Gasteiger partial charge in [-0.2, -0.15) is 0 Å². The van der Waals surface area contributed by atoms with Crippen LogP contribution in [0, 0.1) is 0 Å². The minimum absolute atomic E-state index is 0.0482. The van der Waals surface area contributed by atoms with Crippen molar-refractivity contribution in [3.8, 4) is 0 Å². The van der Waals surface area contributed by atoms with Gasteiger partial charge in [0.25, 0.3) is 0 Å². The van der Waals surface area contributed by atoms with E-state index in [9.17, 15) is 29.1 Å². The number of nitrogens with zero attached hydrogens (tertiary/aromatic N) is 2. The fourth-order valence-electron chi connectivity index (χ4n) is 4.03. The van der Waals surface area contributed by atoms with Gasteiger partial charge in [0.15, 0.2) is 0 Å². The second kappa shape index (κ2) is 15.1. The number of hydrogen-bond acceptors (Lipinski definition) is 11. The Labute approximate surface area is 252 Å². The number of carbonyl (C=O) groups excluding carboxylic acids is 5. The van der Waals surface area contributed by atoms with Crippen LogP contribution in [0.4, 0.5) is 9.59 Å². The molecule has 43 heavy (non-hydrogen) atoms. The number of rotatable bonds is 8. The second-order valence-electron chi connectivity index (χ2n) is 12.6. The minimum atomic E-state index is -1.57. The van der Waals surface area contributed by atoms with Gasteiger partial charge in [-0.3, -0.25) is 25.2 Å². The van der Waals surface area contributed by atoms with Gasteiger partial charge in [0.05, 0.1) is 18.8 Å². The molecule has 1 heterocycles. The van der Waals surface area contributed by atoms with Crippen molar-refractivity contribution < 1.29 is 43.3 Å². The second-order valence-corrected chi connectivity index (χ2v) is 12.6. The molecule has 0 aromatic carbocycles. The Hall–Kier alpha value is -3.72. The first kappa shape index (κ1) is 37.3. The molecule has 15 heteroatoms. The lowest BCUT2D eigenvalue weighted by Gasteiger charge is -2.32. The van der Waals surface area contributed by atoms with E-state index in [-0.39, 0.29) is 44.0 Å². The Kier molecular flexibility index (Phi) is 13.1. The molecular weight excluding hydrogens is 564 g/mol. The summed E-state index contributed by atoms with van der Waals surface area (Å²) >= 11 is 0. The first-order valence-electron chi connectivity index (χ1n) is 14.0. The quantitative estimate of drug-likeness (QED) is 0.0664. The number of aliphatic imine (C=N–C) groups is 1. The average Bonchev–Trinajstić information content (AvgIpc) is 3.15. The summed E-state index contributed by atoms with van der Waals surface area (Å²) in [6.07, 6.45) is -1.19. The number of aliphatic hydroxyl groups is 1. The van der Waals surface area contributed by atoms with Crippen LogP contribution in [0.25, 0.3) is 0 Å². The molecule has 244 valence electrons. The standard InChI is InChI=1S/C28H48N6O9/c1-16(2)18(22(37)41-10)31-20(35)19-28(9,40)13-15-34(19)21(36)17(29)12-11-14-30-23(32-24(38)42-26(3,4)5)33-25(39)43-27(6,7)8/h17,19,40H,11-15,29H2,1-10H3,(H,31,35)(H2,30,32,33,38,39).